The molecule has 0 bridgehead atoms. The Morgan fingerprint density at radius 1 is 0.846 bits per heavy atom. The molecule has 1 unspecified atom stereocenters. The lowest BCUT2D eigenvalue weighted by Gasteiger charge is -2.34. The van der Waals surface area contributed by atoms with Crippen LogP contribution in [0.4, 0.5) is 0 Å². The number of nitrogens with one attached hydrogen (secondary N) is 1. The molecule has 0 radical (unpaired) electrons. The van der Waals surface area contributed by atoms with Crippen LogP contribution in [0.3, 0.4) is 0 Å². The second kappa shape index (κ2) is 6.88. The third-order valence-corrected chi connectivity index (χ3v) is 5.69. The topological polar surface area (TPSA) is 32.3 Å². The first kappa shape index (κ1) is 18.7. The zero-order chi connectivity index (χ0) is 19.2. The van der Waals surface area contributed by atoms with Gasteiger partial charge in [0, 0.05) is 13.0 Å². The highest BCUT2D eigenvalue weighted by atomic mass is 16.2. The Hall–Kier alpha value is -2.13. The van der Waals surface area contributed by atoms with E-state index in [0.29, 0.717) is 6.54 Å². The summed E-state index contributed by atoms with van der Waals surface area (Å²) in [4.78, 5) is 14.1. The largest absolute Gasteiger partial charge is 0.328 e. The molecular formula is C23H30N2O. The molecule has 3 nitrogen and oxygen atoms in total. The number of amides is 1. The molecule has 1 N–H and O–H groups in total. The number of hydrogen-bond acceptors (Lipinski definition) is 2. The van der Waals surface area contributed by atoms with Gasteiger partial charge in [-0.1, -0.05) is 35.4 Å². The molecule has 26 heavy (non-hydrogen) atoms. The van der Waals surface area contributed by atoms with Crippen molar-refractivity contribution in [3.05, 3.63) is 68.8 Å². The second-order valence-corrected chi connectivity index (χ2v) is 7.93. The number of nitrogens with zero attached hydrogens (tertiary/aromatic N) is 1. The van der Waals surface area contributed by atoms with Gasteiger partial charge in [-0.25, -0.2) is 0 Å². The highest BCUT2D eigenvalue weighted by molar-refractivity contribution is 5.80. The minimum absolute atomic E-state index is 0.0253. The monoisotopic (exact) mass is 350 g/mol. The molecule has 0 spiro atoms. The molecule has 1 saturated heterocycles. The zero-order valence-corrected chi connectivity index (χ0v) is 17.0. The highest BCUT2D eigenvalue weighted by Crippen LogP contribution is 2.39. The average Bonchev–Trinajstić information content (AvgIpc) is 2.83. The van der Waals surface area contributed by atoms with Crippen molar-refractivity contribution in [2.75, 3.05) is 13.6 Å². The van der Waals surface area contributed by atoms with Gasteiger partial charge >= 0.3 is 0 Å². The van der Waals surface area contributed by atoms with Gasteiger partial charge in [0.15, 0.2) is 0 Å². The molecular weight excluding hydrogens is 320 g/mol. The summed E-state index contributed by atoms with van der Waals surface area (Å²) >= 11 is 0. The second-order valence-electron chi connectivity index (χ2n) is 7.93. The molecule has 3 heteroatoms. The molecule has 1 aliphatic heterocycles. The fraction of sp³-hybridized carbons (Fsp3) is 0.435. The van der Waals surface area contributed by atoms with E-state index in [2.05, 4.69) is 71.1 Å². The van der Waals surface area contributed by atoms with E-state index in [4.69, 9.17) is 0 Å². The molecule has 1 heterocycles. The quantitative estimate of drug-likeness (QED) is 0.905. The van der Waals surface area contributed by atoms with E-state index >= 15 is 0 Å². The number of aryl methyl sites for hydroxylation is 6. The van der Waals surface area contributed by atoms with Crippen LogP contribution in [0, 0.1) is 41.5 Å². The van der Waals surface area contributed by atoms with E-state index in [1.54, 1.807) is 0 Å². The molecule has 1 amide bonds. The van der Waals surface area contributed by atoms with Gasteiger partial charge in [-0.2, -0.15) is 0 Å². The normalized spacial score (nSPS) is 17.5. The summed E-state index contributed by atoms with van der Waals surface area (Å²) in [5.74, 6) is 0.275. The van der Waals surface area contributed by atoms with Crippen molar-refractivity contribution in [2.24, 2.45) is 0 Å². The van der Waals surface area contributed by atoms with Crippen LogP contribution in [0.25, 0.3) is 0 Å². The van der Waals surface area contributed by atoms with Gasteiger partial charge in [0.05, 0.1) is 12.7 Å². The third-order valence-electron chi connectivity index (χ3n) is 5.69. The molecule has 1 aliphatic rings. The van der Waals surface area contributed by atoms with Gasteiger partial charge in [0.1, 0.15) is 0 Å². The standard InChI is InChI=1S/C23H30N2O/c1-13-8-15(3)20(16(4)9-13)22(23-24-12-19(26)25(23)7)21-17(5)10-14(2)11-18(21)6/h8-11,22-24H,12H2,1-7H3. The van der Waals surface area contributed by atoms with E-state index in [0.717, 1.165) is 0 Å². The first-order chi connectivity index (χ1) is 12.2. The summed E-state index contributed by atoms with van der Waals surface area (Å²) in [5.41, 5.74) is 10.4. The van der Waals surface area contributed by atoms with E-state index in [-0.39, 0.29) is 18.0 Å². The van der Waals surface area contributed by atoms with E-state index < -0.39 is 0 Å². The number of rotatable bonds is 3. The molecule has 0 aromatic heterocycles. The minimum Gasteiger partial charge on any atom is -0.328 e. The third kappa shape index (κ3) is 3.16. The van der Waals surface area contributed by atoms with Crippen molar-refractivity contribution in [3.8, 4) is 0 Å². The lowest BCUT2D eigenvalue weighted by molar-refractivity contribution is -0.126. The summed E-state index contributed by atoms with van der Waals surface area (Å²) in [5, 5.41) is 3.47. The Morgan fingerprint density at radius 3 is 1.54 bits per heavy atom. The van der Waals surface area contributed by atoms with Crippen LogP contribution in [-0.2, 0) is 4.79 Å². The molecule has 3 rings (SSSR count). The van der Waals surface area contributed by atoms with Crippen LogP contribution in [0.15, 0.2) is 24.3 Å². The van der Waals surface area contributed by atoms with Crippen molar-refractivity contribution < 1.29 is 4.79 Å². The number of hydrogen-bond donors (Lipinski definition) is 1. The molecule has 1 fully saturated rings. The fourth-order valence-corrected chi connectivity index (χ4v) is 4.77. The van der Waals surface area contributed by atoms with Gasteiger partial charge in [-0.05, 0) is 74.9 Å². The predicted molar refractivity (Wildman–Crippen MR) is 108 cm³/mol. The Morgan fingerprint density at radius 2 is 1.23 bits per heavy atom. The lowest BCUT2D eigenvalue weighted by atomic mass is 9.78. The Balaban J connectivity index is 2.27. The maximum atomic E-state index is 12.3. The van der Waals surface area contributed by atoms with Gasteiger partial charge in [-0.3, -0.25) is 10.1 Å². The van der Waals surface area contributed by atoms with Gasteiger partial charge in [0.25, 0.3) is 0 Å². The van der Waals surface area contributed by atoms with Crippen LogP contribution in [0.1, 0.15) is 50.4 Å². The molecule has 2 aromatic carbocycles. The van der Waals surface area contributed by atoms with Crippen LogP contribution in [0.5, 0.6) is 0 Å². The molecule has 1 atom stereocenters. The van der Waals surface area contributed by atoms with Gasteiger partial charge in [-0.15, -0.1) is 0 Å². The van der Waals surface area contributed by atoms with E-state index in [1.165, 1.54) is 44.5 Å². The highest BCUT2D eigenvalue weighted by Gasteiger charge is 2.38. The summed E-state index contributed by atoms with van der Waals surface area (Å²) in [6.45, 7) is 13.5. The fourth-order valence-electron chi connectivity index (χ4n) is 4.77. The van der Waals surface area contributed by atoms with Crippen molar-refractivity contribution in [1.29, 1.82) is 0 Å². The average molecular weight is 351 g/mol. The molecule has 2 aromatic rings. The summed E-state index contributed by atoms with van der Waals surface area (Å²) in [7, 11) is 1.91. The summed E-state index contributed by atoms with van der Waals surface area (Å²) < 4.78 is 0. The van der Waals surface area contributed by atoms with Crippen LogP contribution < -0.4 is 5.32 Å². The van der Waals surface area contributed by atoms with Gasteiger partial charge < -0.3 is 4.90 Å². The Labute approximate surface area is 157 Å². The van der Waals surface area contributed by atoms with E-state index in [9.17, 15) is 4.79 Å². The van der Waals surface area contributed by atoms with Crippen LogP contribution in [-0.4, -0.2) is 30.6 Å². The maximum absolute atomic E-state index is 12.3. The number of likely N-dealkylation sites (N-methyl/N-ethyl adjacent to an activating group) is 1. The van der Waals surface area contributed by atoms with Crippen molar-refractivity contribution >= 4 is 5.91 Å². The van der Waals surface area contributed by atoms with E-state index in [1.807, 2.05) is 11.9 Å². The predicted octanol–water partition coefficient (Wildman–Crippen LogP) is 4.06. The zero-order valence-electron chi connectivity index (χ0n) is 17.0. The lowest BCUT2D eigenvalue weighted by Crippen LogP contribution is -2.41. The van der Waals surface area contributed by atoms with Crippen LogP contribution >= 0.6 is 0 Å². The number of carbonyl (C=O) groups excluding carboxylic acids is 1. The number of benzene rings is 2. The SMILES string of the molecule is Cc1cc(C)c(C(c2c(C)cc(C)cc2C)C2NCC(=O)N2C)c(C)c1. The van der Waals surface area contributed by atoms with Gasteiger partial charge in [0.2, 0.25) is 5.91 Å². The number of carbonyl (C=O) groups is 1. The first-order valence-electron chi connectivity index (χ1n) is 9.35. The summed E-state index contributed by atoms with van der Waals surface area (Å²) in [6.07, 6.45) is -0.0253. The molecule has 0 aliphatic carbocycles. The smallest absolute Gasteiger partial charge is 0.237 e. The maximum Gasteiger partial charge on any atom is 0.237 e. The Bertz CT molecular complexity index is 765. The molecule has 138 valence electrons. The summed E-state index contributed by atoms with van der Waals surface area (Å²) in [6, 6.07) is 9.02. The Kier molecular flexibility index (Phi) is 4.94. The first-order valence-corrected chi connectivity index (χ1v) is 9.35. The van der Waals surface area contributed by atoms with Crippen LogP contribution in [0.2, 0.25) is 0 Å². The molecule has 0 saturated carbocycles. The minimum atomic E-state index is -0.0253. The van der Waals surface area contributed by atoms with Crippen molar-refractivity contribution in [2.45, 2.75) is 53.6 Å². The van der Waals surface area contributed by atoms with Crippen molar-refractivity contribution in [3.63, 3.8) is 0 Å². The van der Waals surface area contributed by atoms with Crippen molar-refractivity contribution in [1.82, 2.24) is 10.2 Å².